The summed E-state index contributed by atoms with van der Waals surface area (Å²) in [6.45, 7) is 9.07. The lowest BCUT2D eigenvalue weighted by atomic mass is 10.00. The number of carbonyl (C=O) groups excluding carboxylic acids is 1. The number of amides is 1. The first-order valence-corrected chi connectivity index (χ1v) is 9.49. The van der Waals surface area contributed by atoms with E-state index in [0.717, 1.165) is 35.6 Å². The first kappa shape index (κ1) is 18.4. The zero-order valence-electron chi connectivity index (χ0n) is 16.2. The van der Waals surface area contributed by atoms with Crippen LogP contribution >= 0.6 is 0 Å². The van der Waals surface area contributed by atoms with Crippen LogP contribution in [0, 0.1) is 20.8 Å². The van der Waals surface area contributed by atoms with E-state index in [-0.39, 0.29) is 5.91 Å². The molecule has 1 fully saturated rings. The van der Waals surface area contributed by atoms with Gasteiger partial charge in [-0.15, -0.1) is 0 Å². The van der Waals surface area contributed by atoms with Crippen LogP contribution in [0.25, 0.3) is 0 Å². The van der Waals surface area contributed by atoms with Gasteiger partial charge in [-0.05, 0) is 63.6 Å². The van der Waals surface area contributed by atoms with Crippen molar-refractivity contribution in [1.82, 2.24) is 9.97 Å². The van der Waals surface area contributed by atoms with Gasteiger partial charge in [-0.3, -0.25) is 4.79 Å². The molecular formula is C21H28N4O. The molecule has 0 aliphatic carbocycles. The molecule has 2 aromatic rings. The first-order chi connectivity index (χ1) is 12.5. The maximum Gasteiger partial charge on any atom is 0.274 e. The molecular weight excluding hydrogens is 324 g/mol. The molecule has 5 nitrogen and oxygen atoms in total. The molecule has 3 rings (SSSR count). The second kappa shape index (κ2) is 7.85. The zero-order chi connectivity index (χ0) is 18.7. The van der Waals surface area contributed by atoms with Gasteiger partial charge in [-0.1, -0.05) is 19.1 Å². The fourth-order valence-electron chi connectivity index (χ4n) is 3.60. The van der Waals surface area contributed by atoms with Gasteiger partial charge in [0.05, 0.1) is 0 Å². The third-order valence-electron chi connectivity index (χ3n) is 5.09. The molecule has 0 spiro atoms. The van der Waals surface area contributed by atoms with Crippen molar-refractivity contribution >= 4 is 17.4 Å². The van der Waals surface area contributed by atoms with Gasteiger partial charge in [0.15, 0.2) is 0 Å². The molecule has 1 atom stereocenters. The lowest BCUT2D eigenvalue weighted by Gasteiger charge is -2.36. The number of aryl methyl sites for hydroxylation is 3. The lowest BCUT2D eigenvalue weighted by molar-refractivity contribution is 0.102. The largest absolute Gasteiger partial charge is 0.354 e. The minimum Gasteiger partial charge on any atom is -0.354 e. The average molecular weight is 352 g/mol. The summed E-state index contributed by atoms with van der Waals surface area (Å²) in [7, 11) is 0. The number of rotatable bonds is 4. The van der Waals surface area contributed by atoms with E-state index < -0.39 is 0 Å². The first-order valence-electron chi connectivity index (χ1n) is 9.49. The molecule has 0 bridgehead atoms. The Hall–Kier alpha value is -2.43. The minimum atomic E-state index is -0.185. The fourth-order valence-corrected chi connectivity index (χ4v) is 3.60. The summed E-state index contributed by atoms with van der Waals surface area (Å²) in [4.78, 5) is 24.1. The molecule has 1 amide bonds. The SMILES string of the molecule is CCC1CCCCN1c1cc(C(=O)Nc2cc(C)ccc2C)nc(C)n1. The molecule has 1 aliphatic heterocycles. The molecule has 2 heterocycles. The summed E-state index contributed by atoms with van der Waals surface area (Å²) < 4.78 is 0. The Labute approximate surface area is 155 Å². The molecule has 1 saturated heterocycles. The van der Waals surface area contributed by atoms with E-state index >= 15 is 0 Å². The van der Waals surface area contributed by atoms with Gasteiger partial charge in [0, 0.05) is 24.3 Å². The second-order valence-corrected chi connectivity index (χ2v) is 7.18. The van der Waals surface area contributed by atoms with E-state index in [4.69, 9.17) is 0 Å². The Bertz CT molecular complexity index is 803. The summed E-state index contributed by atoms with van der Waals surface area (Å²) in [5.41, 5.74) is 3.41. The Morgan fingerprint density at radius 2 is 2.00 bits per heavy atom. The van der Waals surface area contributed by atoms with Crippen molar-refractivity contribution < 1.29 is 4.79 Å². The van der Waals surface area contributed by atoms with Crippen LogP contribution in [-0.2, 0) is 0 Å². The van der Waals surface area contributed by atoms with Crippen LogP contribution in [0.3, 0.4) is 0 Å². The molecule has 1 N–H and O–H groups in total. The highest BCUT2D eigenvalue weighted by atomic mass is 16.1. The number of benzene rings is 1. The Balaban J connectivity index is 1.87. The second-order valence-electron chi connectivity index (χ2n) is 7.18. The summed E-state index contributed by atoms with van der Waals surface area (Å²) in [6.07, 6.45) is 4.71. The minimum absolute atomic E-state index is 0.185. The van der Waals surface area contributed by atoms with E-state index in [1.807, 2.05) is 45.0 Å². The standard InChI is InChI=1S/C21H28N4O/c1-5-17-8-6-7-11-25(17)20-13-19(22-16(4)23-20)21(26)24-18-12-14(2)9-10-15(18)3/h9-10,12-13,17H,5-8,11H2,1-4H3,(H,24,26). The van der Waals surface area contributed by atoms with Gasteiger partial charge >= 0.3 is 0 Å². The van der Waals surface area contributed by atoms with Crippen LogP contribution in [0.1, 0.15) is 60.0 Å². The zero-order valence-corrected chi connectivity index (χ0v) is 16.2. The summed E-state index contributed by atoms with van der Waals surface area (Å²) >= 11 is 0. The van der Waals surface area contributed by atoms with Crippen molar-refractivity contribution in [2.24, 2.45) is 0 Å². The van der Waals surface area contributed by atoms with E-state index in [2.05, 4.69) is 27.1 Å². The summed E-state index contributed by atoms with van der Waals surface area (Å²) in [5, 5.41) is 3.00. The van der Waals surface area contributed by atoms with E-state index in [9.17, 15) is 4.79 Å². The highest BCUT2D eigenvalue weighted by molar-refractivity contribution is 6.03. The van der Waals surface area contributed by atoms with Crippen molar-refractivity contribution in [1.29, 1.82) is 0 Å². The average Bonchev–Trinajstić information content (AvgIpc) is 2.64. The number of hydrogen-bond donors (Lipinski definition) is 1. The fraction of sp³-hybridized carbons (Fsp3) is 0.476. The normalized spacial score (nSPS) is 17.2. The highest BCUT2D eigenvalue weighted by Crippen LogP contribution is 2.26. The third-order valence-corrected chi connectivity index (χ3v) is 5.09. The number of nitrogens with one attached hydrogen (secondary N) is 1. The van der Waals surface area contributed by atoms with Crippen molar-refractivity contribution in [3.63, 3.8) is 0 Å². The third kappa shape index (κ3) is 4.03. The summed E-state index contributed by atoms with van der Waals surface area (Å²) in [5.74, 6) is 1.32. The highest BCUT2D eigenvalue weighted by Gasteiger charge is 2.23. The van der Waals surface area contributed by atoms with Gasteiger partial charge in [-0.25, -0.2) is 9.97 Å². The topological polar surface area (TPSA) is 58.1 Å². The van der Waals surface area contributed by atoms with E-state index in [1.165, 1.54) is 19.3 Å². The number of piperidine rings is 1. The number of anilines is 2. The van der Waals surface area contributed by atoms with Crippen LogP contribution in [0.2, 0.25) is 0 Å². The van der Waals surface area contributed by atoms with Gasteiger partial charge in [0.1, 0.15) is 17.3 Å². The van der Waals surface area contributed by atoms with Crippen LogP contribution in [0.15, 0.2) is 24.3 Å². The van der Waals surface area contributed by atoms with Crippen molar-refractivity contribution in [3.05, 3.63) is 46.9 Å². The van der Waals surface area contributed by atoms with Crippen molar-refractivity contribution in [2.45, 2.75) is 59.4 Å². The number of aromatic nitrogens is 2. The Morgan fingerprint density at radius 3 is 2.77 bits per heavy atom. The van der Waals surface area contributed by atoms with Crippen LogP contribution < -0.4 is 10.2 Å². The van der Waals surface area contributed by atoms with Gasteiger partial charge in [0.2, 0.25) is 0 Å². The monoisotopic (exact) mass is 352 g/mol. The summed E-state index contributed by atoms with van der Waals surface area (Å²) in [6, 6.07) is 8.37. The predicted octanol–water partition coefficient (Wildman–Crippen LogP) is 4.42. The van der Waals surface area contributed by atoms with Crippen LogP contribution in [0.5, 0.6) is 0 Å². The maximum atomic E-state index is 12.8. The molecule has 138 valence electrons. The molecule has 26 heavy (non-hydrogen) atoms. The molecule has 0 saturated carbocycles. The molecule has 0 radical (unpaired) electrons. The number of carbonyl (C=O) groups is 1. The number of hydrogen-bond acceptors (Lipinski definition) is 4. The smallest absolute Gasteiger partial charge is 0.274 e. The molecule has 1 aliphatic rings. The maximum absolute atomic E-state index is 12.8. The quantitative estimate of drug-likeness (QED) is 0.885. The van der Waals surface area contributed by atoms with Gasteiger partial charge in [-0.2, -0.15) is 0 Å². The van der Waals surface area contributed by atoms with E-state index in [1.54, 1.807) is 0 Å². The molecule has 1 unspecified atom stereocenters. The van der Waals surface area contributed by atoms with E-state index in [0.29, 0.717) is 17.6 Å². The van der Waals surface area contributed by atoms with Crippen LogP contribution in [0.4, 0.5) is 11.5 Å². The number of nitrogens with zero attached hydrogens (tertiary/aromatic N) is 3. The van der Waals surface area contributed by atoms with Gasteiger partial charge < -0.3 is 10.2 Å². The van der Waals surface area contributed by atoms with Crippen LogP contribution in [-0.4, -0.2) is 28.5 Å². The Kier molecular flexibility index (Phi) is 5.55. The predicted molar refractivity (Wildman–Crippen MR) is 106 cm³/mol. The van der Waals surface area contributed by atoms with Gasteiger partial charge in [0.25, 0.3) is 5.91 Å². The molecule has 1 aromatic carbocycles. The molecule has 1 aromatic heterocycles. The van der Waals surface area contributed by atoms with Crippen molar-refractivity contribution in [2.75, 3.05) is 16.8 Å². The lowest BCUT2D eigenvalue weighted by Crippen LogP contribution is -2.40. The van der Waals surface area contributed by atoms with Crippen molar-refractivity contribution in [3.8, 4) is 0 Å². The Morgan fingerprint density at radius 1 is 1.19 bits per heavy atom. The molecule has 5 heteroatoms.